The minimum Gasteiger partial charge on any atom is -0.479 e. The molecule has 1 aromatic carbocycles. The monoisotopic (exact) mass is 542 g/mol. The van der Waals surface area contributed by atoms with Crippen LogP contribution in [-0.2, 0) is 42.6 Å². The Labute approximate surface area is 218 Å². The van der Waals surface area contributed by atoms with Crippen LogP contribution in [0.15, 0.2) is 30.0 Å². The van der Waals surface area contributed by atoms with Gasteiger partial charge in [0.1, 0.15) is 6.61 Å². The van der Waals surface area contributed by atoms with Crippen LogP contribution in [0.2, 0.25) is 0 Å². The molecule has 2 aliphatic rings. The van der Waals surface area contributed by atoms with E-state index in [1.807, 2.05) is 27.7 Å². The summed E-state index contributed by atoms with van der Waals surface area (Å²) in [7, 11) is -0.842. The Morgan fingerprint density at radius 3 is 2.08 bits per heavy atom. The largest absolute Gasteiger partial charge is 0.494 e. The first-order valence-electron chi connectivity index (χ1n) is 11.9. The third kappa shape index (κ3) is 6.32. The lowest BCUT2D eigenvalue weighted by Crippen LogP contribution is -2.51. The van der Waals surface area contributed by atoms with Crippen molar-refractivity contribution in [2.75, 3.05) is 6.61 Å². The van der Waals surface area contributed by atoms with E-state index in [1.165, 1.54) is 12.1 Å². The fourth-order valence-electron chi connectivity index (χ4n) is 4.06. The van der Waals surface area contributed by atoms with Crippen LogP contribution in [0, 0.1) is 5.92 Å². The Kier molecular flexibility index (Phi) is 8.23. The molecule has 1 saturated heterocycles. The second-order valence-electron chi connectivity index (χ2n) is 10.1. The summed E-state index contributed by atoms with van der Waals surface area (Å²) in [6, 6.07) is 6.17. The molecular formula is C25H30BF3O9. The Morgan fingerprint density at radius 2 is 1.58 bits per heavy atom. The van der Waals surface area contributed by atoms with E-state index in [-0.39, 0.29) is 5.56 Å². The molecule has 2 unspecified atom stereocenters. The van der Waals surface area contributed by atoms with Gasteiger partial charge in [0.15, 0.2) is 29.6 Å². The van der Waals surface area contributed by atoms with E-state index < -0.39 is 78.7 Å². The number of hydrogen-bond acceptors (Lipinski definition) is 9. The minimum absolute atomic E-state index is 0.108. The number of carbonyl (C=O) groups excluding carboxylic acids is 3. The van der Waals surface area contributed by atoms with Crippen molar-refractivity contribution in [2.45, 2.75) is 78.1 Å². The topological polar surface area (TPSA) is 107 Å². The second kappa shape index (κ2) is 10.6. The molecule has 9 nitrogen and oxygen atoms in total. The number of ether oxygens (including phenoxy) is 4. The Morgan fingerprint density at radius 1 is 0.974 bits per heavy atom. The quantitative estimate of drug-likeness (QED) is 0.304. The third-order valence-corrected chi connectivity index (χ3v) is 6.50. The van der Waals surface area contributed by atoms with Crippen molar-refractivity contribution in [2.24, 2.45) is 5.92 Å². The van der Waals surface area contributed by atoms with E-state index in [2.05, 4.69) is 0 Å². The molecule has 2 aliphatic heterocycles. The van der Waals surface area contributed by atoms with Gasteiger partial charge in [0.25, 0.3) is 0 Å². The number of esters is 3. The van der Waals surface area contributed by atoms with Gasteiger partial charge in [-0.1, -0.05) is 24.3 Å². The van der Waals surface area contributed by atoms with Crippen LogP contribution in [0.5, 0.6) is 0 Å². The highest BCUT2D eigenvalue weighted by molar-refractivity contribution is 6.62. The summed E-state index contributed by atoms with van der Waals surface area (Å²) in [6.07, 6.45) is -8.61. The predicted octanol–water partition coefficient (Wildman–Crippen LogP) is 3.29. The maximum absolute atomic E-state index is 14.5. The number of benzene rings is 1. The second-order valence-corrected chi connectivity index (χ2v) is 10.1. The standard InChI is InChI=1S/C25H30BF3O9/c1-13(30)33-12-18-21(34-14(2)31)19(25(27,28)29)22(35-15(3)32)20(36-18)16-9-8-10-17(11-16)26-37-23(4,5)24(6,7)38-26/h8-11,18-19,21H,12H2,1-7H3/t18?,19?,21-/m1/s1. The third-order valence-electron chi connectivity index (χ3n) is 6.50. The van der Waals surface area contributed by atoms with Gasteiger partial charge in [-0.05, 0) is 33.2 Å². The zero-order valence-corrected chi connectivity index (χ0v) is 22.1. The Balaban J connectivity index is 2.17. The molecule has 0 aliphatic carbocycles. The van der Waals surface area contributed by atoms with E-state index in [1.54, 1.807) is 12.1 Å². The van der Waals surface area contributed by atoms with E-state index >= 15 is 0 Å². The lowest BCUT2D eigenvalue weighted by Gasteiger charge is -2.39. The molecule has 13 heteroatoms. The summed E-state index contributed by atoms with van der Waals surface area (Å²) in [4.78, 5) is 35.1. The Bertz CT molecular complexity index is 1110. The summed E-state index contributed by atoms with van der Waals surface area (Å²) in [5.41, 5.74) is -0.769. The normalized spacial score (nSPS) is 24.5. The van der Waals surface area contributed by atoms with Gasteiger partial charge in [0.05, 0.1) is 11.2 Å². The highest BCUT2D eigenvalue weighted by Crippen LogP contribution is 2.46. The summed E-state index contributed by atoms with van der Waals surface area (Å²) in [5.74, 6) is -6.77. The summed E-state index contributed by atoms with van der Waals surface area (Å²) in [6.45, 7) is 9.68. The van der Waals surface area contributed by atoms with Gasteiger partial charge in [0, 0.05) is 26.3 Å². The van der Waals surface area contributed by atoms with Crippen LogP contribution in [-0.4, -0.2) is 61.2 Å². The van der Waals surface area contributed by atoms with Crippen molar-refractivity contribution < 1.29 is 55.8 Å². The van der Waals surface area contributed by atoms with Crippen LogP contribution in [0.4, 0.5) is 13.2 Å². The molecule has 0 saturated carbocycles. The van der Waals surface area contributed by atoms with Gasteiger partial charge >= 0.3 is 31.2 Å². The molecule has 3 rings (SSSR count). The van der Waals surface area contributed by atoms with Crippen LogP contribution >= 0.6 is 0 Å². The first-order chi connectivity index (χ1) is 17.4. The summed E-state index contributed by atoms with van der Waals surface area (Å²) in [5, 5.41) is 0. The average Bonchev–Trinajstić information content (AvgIpc) is 2.98. The molecule has 1 aromatic rings. The van der Waals surface area contributed by atoms with Crippen molar-refractivity contribution in [1.82, 2.24) is 0 Å². The number of rotatable bonds is 6. The molecule has 0 spiro atoms. The maximum atomic E-state index is 14.5. The lowest BCUT2D eigenvalue weighted by atomic mass is 9.78. The van der Waals surface area contributed by atoms with E-state index in [0.717, 1.165) is 20.8 Å². The molecular weight excluding hydrogens is 512 g/mol. The summed E-state index contributed by atoms with van der Waals surface area (Å²) >= 11 is 0. The van der Waals surface area contributed by atoms with Gasteiger partial charge in [-0.15, -0.1) is 0 Å². The van der Waals surface area contributed by atoms with Gasteiger partial charge in [0.2, 0.25) is 0 Å². The van der Waals surface area contributed by atoms with E-state index in [9.17, 15) is 27.6 Å². The average molecular weight is 542 g/mol. The van der Waals surface area contributed by atoms with Crippen LogP contribution in [0.1, 0.15) is 54.0 Å². The minimum atomic E-state index is -5.04. The highest BCUT2D eigenvalue weighted by atomic mass is 19.4. The van der Waals surface area contributed by atoms with Gasteiger partial charge in [-0.3, -0.25) is 14.4 Å². The number of halogens is 3. The first kappa shape index (κ1) is 29.5. The van der Waals surface area contributed by atoms with Crippen molar-refractivity contribution in [1.29, 1.82) is 0 Å². The lowest BCUT2D eigenvalue weighted by molar-refractivity contribution is -0.227. The van der Waals surface area contributed by atoms with Crippen molar-refractivity contribution >= 4 is 36.2 Å². The fourth-order valence-corrected chi connectivity index (χ4v) is 4.06. The number of alkyl halides is 3. The smallest absolute Gasteiger partial charge is 0.479 e. The van der Waals surface area contributed by atoms with Crippen molar-refractivity contribution in [3.8, 4) is 0 Å². The zero-order valence-electron chi connectivity index (χ0n) is 22.1. The fraction of sp³-hybridized carbons (Fsp3) is 0.560. The van der Waals surface area contributed by atoms with Crippen LogP contribution in [0.3, 0.4) is 0 Å². The van der Waals surface area contributed by atoms with Crippen LogP contribution < -0.4 is 5.46 Å². The van der Waals surface area contributed by atoms with E-state index in [4.69, 9.17) is 28.3 Å². The van der Waals surface area contributed by atoms with Crippen molar-refractivity contribution in [3.05, 3.63) is 35.6 Å². The predicted molar refractivity (Wildman–Crippen MR) is 127 cm³/mol. The molecule has 0 N–H and O–H groups in total. The van der Waals surface area contributed by atoms with Gasteiger partial charge < -0.3 is 28.3 Å². The van der Waals surface area contributed by atoms with Crippen molar-refractivity contribution in [3.63, 3.8) is 0 Å². The molecule has 0 aromatic heterocycles. The van der Waals surface area contributed by atoms with E-state index in [0.29, 0.717) is 5.46 Å². The summed E-state index contributed by atoms with van der Waals surface area (Å²) < 4.78 is 76.3. The van der Waals surface area contributed by atoms with Gasteiger partial charge in [-0.2, -0.15) is 13.2 Å². The SMILES string of the molecule is CC(=O)OCC1OC(c2cccc(B3OC(C)(C)C(C)(C)O3)c2)=C(OC(C)=O)C(C(F)(F)F)[C@@H]1OC(C)=O. The van der Waals surface area contributed by atoms with Crippen LogP contribution in [0.25, 0.3) is 5.76 Å². The highest BCUT2D eigenvalue weighted by Gasteiger charge is 2.58. The molecule has 38 heavy (non-hydrogen) atoms. The molecule has 2 heterocycles. The Hall–Kier alpha value is -3.06. The molecule has 208 valence electrons. The first-order valence-corrected chi connectivity index (χ1v) is 11.9. The zero-order chi connectivity index (χ0) is 28.6. The van der Waals surface area contributed by atoms with Gasteiger partial charge in [-0.25, -0.2) is 0 Å². The molecule has 3 atom stereocenters. The number of hydrogen-bond donors (Lipinski definition) is 0. The molecule has 0 bridgehead atoms. The molecule has 1 fully saturated rings. The maximum Gasteiger partial charge on any atom is 0.494 e. The molecule has 0 radical (unpaired) electrons. The molecule has 0 amide bonds. The number of carbonyl (C=O) groups is 3.